The van der Waals surface area contributed by atoms with Crippen molar-refractivity contribution in [2.75, 3.05) is 32.2 Å². The molecule has 0 heterocycles. The molecule has 6 nitrogen and oxygen atoms in total. The predicted molar refractivity (Wildman–Crippen MR) is 131 cm³/mol. The lowest BCUT2D eigenvalue weighted by atomic mass is 10.1. The molecule has 0 aliphatic rings. The number of ether oxygens (including phenoxy) is 3. The molecule has 6 heteroatoms. The van der Waals surface area contributed by atoms with E-state index in [0.29, 0.717) is 24.7 Å². The number of carbonyl (C=O) groups is 1. The van der Waals surface area contributed by atoms with Gasteiger partial charge in [-0.15, -0.1) is 0 Å². The summed E-state index contributed by atoms with van der Waals surface area (Å²) in [5, 5.41) is 6.29. The van der Waals surface area contributed by atoms with Crippen LogP contribution in [0.25, 0.3) is 0 Å². The molecule has 0 radical (unpaired) electrons. The molecule has 0 aromatic heterocycles. The average Bonchev–Trinajstić information content (AvgIpc) is 2.83. The monoisotopic (exact) mass is 448 g/mol. The van der Waals surface area contributed by atoms with Crippen LogP contribution in [0.1, 0.15) is 23.6 Å². The fraction of sp³-hybridized carbons (Fsp3) is 0.296. The van der Waals surface area contributed by atoms with Crippen molar-refractivity contribution in [3.63, 3.8) is 0 Å². The highest BCUT2D eigenvalue weighted by molar-refractivity contribution is 5.91. The zero-order valence-electron chi connectivity index (χ0n) is 19.5. The van der Waals surface area contributed by atoms with Gasteiger partial charge in [0.15, 0.2) is 18.1 Å². The third-order valence-electron chi connectivity index (χ3n) is 5.08. The van der Waals surface area contributed by atoms with Crippen molar-refractivity contribution in [1.82, 2.24) is 5.32 Å². The van der Waals surface area contributed by atoms with Gasteiger partial charge in [-0.1, -0.05) is 35.9 Å². The maximum atomic E-state index is 12.2. The van der Waals surface area contributed by atoms with Gasteiger partial charge in [0.2, 0.25) is 0 Å². The minimum Gasteiger partial charge on any atom is -0.497 e. The lowest BCUT2D eigenvalue weighted by Gasteiger charge is -2.14. The molecule has 0 aliphatic carbocycles. The summed E-state index contributed by atoms with van der Waals surface area (Å²) in [5.74, 6) is 1.84. The Morgan fingerprint density at radius 3 is 2.30 bits per heavy atom. The Bertz CT molecular complexity index is 1020. The summed E-state index contributed by atoms with van der Waals surface area (Å²) < 4.78 is 16.7. The SMILES string of the molecule is CCOc1cc(CNCCc2ccc(OC)cc2)ccc1OCC(=O)Nc1ccc(C)cc1. The van der Waals surface area contributed by atoms with Gasteiger partial charge in [0.05, 0.1) is 13.7 Å². The standard InChI is InChI=1S/C27H32N2O4/c1-4-32-26-17-22(18-28-16-15-21-7-12-24(31-3)13-8-21)9-14-25(26)33-19-27(30)29-23-10-5-20(2)6-11-23/h5-14,17,28H,4,15-16,18-19H2,1-3H3,(H,29,30). The van der Waals surface area contributed by atoms with Gasteiger partial charge >= 0.3 is 0 Å². The molecule has 0 spiro atoms. The van der Waals surface area contributed by atoms with Gasteiger partial charge in [-0.05, 0) is 74.3 Å². The Kier molecular flexibility index (Phi) is 9.15. The third kappa shape index (κ3) is 7.84. The van der Waals surface area contributed by atoms with Crippen molar-refractivity contribution >= 4 is 11.6 Å². The van der Waals surface area contributed by atoms with Crippen molar-refractivity contribution in [2.45, 2.75) is 26.8 Å². The molecule has 174 valence electrons. The van der Waals surface area contributed by atoms with E-state index in [9.17, 15) is 4.79 Å². The number of methoxy groups -OCH3 is 1. The van der Waals surface area contributed by atoms with Crippen LogP contribution in [0.2, 0.25) is 0 Å². The topological polar surface area (TPSA) is 68.8 Å². The summed E-state index contributed by atoms with van der Waals surface area (Å²) in [4.78, 5) is 12.2. The maximum Gasteiger partial charge on any atom is 0.262 e. The fourth-order valence-corrected chi connectivity index (χ4v) is 3.28. The van der Waals surface area contributed by atoms with E-state index < -0.39 is 0 Å². The van der Waals surface area contributed by atoms with Crippen LogP contribution >= 0.6 is 0 Å². The van der Waals surface area contributed by atoms with E-state index in [1.807, 2.05) is 68.4 Å². The molecule has 0 aliphatic heterocycles. The van der Waals surface area contributed by atoms with Crippen molar-refractivity contribution in [3.8, 4) is 17.2 Å². The summed E-state index contributed by atoms with van der Waals surface area (Å²) in [7, 11) is 1.67. The largest absolute Gasteiger partial charge is 0.497 e. The Hall–Kier alpha value is -3.51. The van der Waals surface area contributed by atoms with E-state index in [1.165, 1.54) is 5.56 Å². The highest BCUT2D eigenvalue weighted by Gasteiger charge is 2.10. The van der Waals surface area contributed by atoms with Crippen LogP contribution in [0.3, 0.4) is 0 Å². The molecular formula is C27H32N2O4. The second-order valence-electron chi connectivity index (χ2n) is 7.69. The minimum atomic E-state index is -0.217. The predicted octanol–water partition coefficient (Wildman–Crippen LogP) is 4.75. The first-order valence-electron chi connectivity index (χ1n) is 11.2. The summed E-state index contributed by atoms with van der Waals surface area (Å²) in [6.45, 7) is 5.92. The van der Waals surface area contributed by atoms with E-state index in [1.54, 1.807) is 7.11 Å². The third-order valence-corrected chi connectivity index (χ3v) is 5.08. The van der Waals surface area contributed by atoms with Crippen molar-refractivity contribution in [2.24, 2.45) is 0 Å². The first-order chi connectivity index (χ1) is 16.1. The quantitative estimate of drug-likeness (QED) is 0.391. The summed E-state index contributed by atoms with van der Waals surface area (Å²) in [6, 6.07) is 21.5. The molecule has 0 saturated carbocycles. The number of aryl methyl sites for hydroxylation is 1. The molecule has 0 atom stereocenters. The van der Waals surface area contributed by atoms with Crippen LogP contribution in [0, 0.1) is 6.92 Å². The van der Waals surface area contributed by atoms with Gasteiger partial charge < -0.3 is 24.8 Å². The van der Waals surface area contributed by atoms with Gasteiger partial charge in [-0.3, -0.25) is 4.79 Å². The first kappa shape index (κ1) is 24.1. The fourth-order valence-electron chi connectivity index (χ4n) is 3.28. The Labute approximate surface area is 195 Å². The van der Waals surface area contributed by atoms with Crippen molar-refractivity contribution < 1.29 is 19.0 Å². The van der Waals surface area contributed by atoms with E-state index >= 15 is 0 Å². The number of benzene rings is 3. The normalized spacial score (nSPS) is 10.5. The number of nitrogens with one attached hydrogen (secondary N) is 2. The first-order valence-corrected chi connectivity index (χ1v) is 11.2. The van der Waals surface area contributed by atoms with Crippen LogP contribution in [0.5, 0.6) is 17.2 Å². The van der Waals surface area contributed by atoms with Crippen molar-refractivity contribution in [3.05, 3.63) is 83.4 Å². The molecule has 33 heavy (non-hydrogen) atoms. The van der Waals surface area contributed by atoms with Crippen molar-refractivity contribution in [1.29, 1.82) is 0 Å². The zero-order chi connectivity index (χ0) is 23.5. The number of amides is 1. The summed E-state index contributed by atoms with van der Waals surface area (Å²) >= 11 is 0. The highest BCUT2D eigenvalue weighted by Crippen LogP contribution is 2.28. The molecule has 1 amide bonds. The molecule has 0 saturated heterocycles. The Balaban J connectivity index is 1.49. The molecule has 3 aromatic rings. The number of rotatable bonds is 12. The highest BCUT2D eigenvalue weighted by atomic mass is 16.5. The molecular weight excluding hydrogens is 416 g/mol. The molecule has 0 unspecified atom stereocenters. The Morgan fingerprint density at radius 1 is 0.879 bits per heavy atom. The van der Waals surface area contributed by atoms with Crippen LogP contribution in [0.15, 0.2) is 66.7 Å². The van der Waals surface area contributed by atoms with Gasteiger partial charge in [0, 0.05) is 12.2 Å². The lowest BCUT2D eigenvalue weighted by Crippen LogP contribution is -2.20. The molecule has 3 aromatic carbocycles. The second kappa shape index (κ2) is 12.5. The van der Waals surface area contributed by atoms with E-state index in [4.69, 9.17) is 14.2 Å². The van der Waals surface area contributed by atoms with E-state index in [-0.39, 0.29) is 12.5 Å². The smallest absolute Gasteiger partial charge is 0.262 e. The summed E-state index contributed by atoms with van der Waals surface area (Å²) in [6.07, 6.45) is 0.930. The maximum absolute atomic E-state index is 12.2. The summed E-state index contributed by atoms with van der Waals surface area (Å²) in [5.41, 5.74) is 4.23. The molecule has 0 bridgehead atoms. The number of carbonyl (C=O) groups excluding carboxylic acids is 1. The number of hydrogen-bond acceptors (Lipinski definition) is 5. The molecule has 2 N–H and O–H groups in total. The molecule has 0 fully saturated rings. The zero-order valence-corrected chi connectivity index (χ0v) is 19.5. The van der Waals surface area contributed by atoms with Gasteiger partial charge in [-0.25, -0.2) is 0 Å². The average molecular weight is 449 g/mol. The lowest BCUT2D eigenvalue weighted by molar-refractivity contribution is -0.118. The van der Waals surface area contributed by atoms with E-state index in [0.717, 1.165) is 35.5 Å². The van der Waals surface area contributed by atoms with Gasteiger partial charge in [-0.2, -0.15) is 0 Å². The van der Waals surface area contributed by atoms with Gasteiger partial charge in [0.25, 0.3) is 5.91 Å². The molecule has 3 rings (SSSR count). The number of anilines is 1. The van der Waals surface area contributed by atoms with E-state index in [2.05, 4.69) is 22.8 Å². The second-order valence-corrected chi connectivity index (χ2v) is 7.69. The number of hydrogen-bond donors (Lipinski definition) is 2. The van der Waals surface area contributed by atoms with Crippen LogP contribution in [0.4, 0.5) is 5.69 Å². The Morgan fingerprint density at radius 2 is 1.61 bits per heavy atom. The van der Waals surface area contributed by atoms with Crippen LogP contribution < -0.4 is 24.8 Å². The van der Waals surface area contributed by atoms with Crippen LogP contribution in [-0.4, -0.2) is 32.8 Å². The minimum absolute atomic E-state index is 0.0899. The van der Waals surface area contributed by atoms with Gasteiger partial charge in [0.1, 0.15) is 5.75 Å². The van der Waals surface area contributed by atoms with Crippen LogP contribution in [-0.2, 0) is 17.8 Å².